The molecule has 5 atom stereocenters. The van der Waals surface area contributed by atoms with Crippen LogP contribution in [-0.4, -0.2) is 80.0 Å². The van der Waals surface area contributed by atoms with Gasteiger partial charge in [-0.05, 0) is 53.6 Å². The molecule has 4 rings (SSSR count). The van der Waals surface area contributed by atoms with Crippen LogP contribution in [0, 0.1) is 0 Å². The minimum atomic E-state index is -0.650. The summed E-state index contributed by atoms with van der Waals surface area (Å²) in [5.74, 6) is -1.24. The molecule has 0 N–H and O–H groups in total. The molecule has 0 aliphatic carbocycles. The van der Waals surface area contributed by atoms with Crippen LogP contribution in [0.4, 0.5) is 0 Å². The van der Waals surface area contributed by atoms with E-state index in [4.69, 9.17) is 28.4 Å². The lowest BCUT2D eigenvalue weighted by molar-refractivity contribution is -0.236. The third-order valence-electron chi connectivity index (χ3n) is 5.34. The van der Waals surface area contributed by atoms with E-state index in [0.717, 1.165) is 6.54 Å². The van der Waals surface area contributed by atoms with E-state index in [1.165, 1.54) is 25.9 Å². The molecule has 4 aliphatic rings. The van der Waals surface area contributed by atoms with Gasteiger partial charge in [-0.2, -0.15) is 0 Å². The molecule has 0 aromatic rings. The zero-order chi connectivity index (χ0) is 17.7. The molecule has 4 saturated heterocycles. The van der Waals surface area contributed by atoms with Crippen LogP contribution < -0.4 is 0 Å². The fourth-order valence-corrected chi connectivity index (χ4v) is 4.19. The Bertz CT molecular complexity index is 478. The van der Waals surface area contributed by atoms with Gasteiger partial charge in [-0.15, -0.1) is 0 Å². The van der Waals surface area contributed by atoms with Crippen LogP contribution in [0.25, 0.3) is 0 Å². The fraction of sp³-hybridized carbons (Fsp3) is 1.00. The quantitative estimate of drug-likeness (QED) is 0.739. The monoisotopic (exact) mass is 357 g/mol. The van der Waals surface area contributed by atoms with Crippen molar-refractivity contribution in [3.63, 3.8) is 0 Å². The first-order chi connectivity index (χ1) is 11.8. The standard InChI is InChI=1S/C18H31NO6/c1-17(2)21-11-12(23-17)13-14(20-10-9-19-7-5-6-8-19)15-16(22-13)25-18(3,4)24-15/h12-16H,5-11H2,1-4H3/t12-,13-,14+,15-,16-/m1/s1. The molecule has 144 valence electrons. The van der Waals surface area contributed by atoms with Crippen LogP contribution in [0.5, 0.6) is 0 Å². The molecule has 0 radical (unpaired) electrons. The minimum absolute atomic E-state index is 0.173. The van der Waals surface area contributed by atoms with Gasteiger partial charge in [0.15, 0.2) is 17.9 Å². The van der Waals surface area contributed by atoms with Crippen LogP contribution in [0.1, 0.15) is 40.5 Å². The Labute approximate surface area is 149 Å². The molecule has 0 bridgehead atoms. The smallest absolute Gasteiger partial charge is 0.190 e. The zero-order valence-corrected chi connectivity index (χ0v) is 15.7. The van der Waals surface area contributed by atoms with Gasteiger partial charge >= 0.3 is 0 Å². The van der Waals surface area contributed by atoms with E-state index < -0.39 is 17.9 Å². The molecule has 0 unspecified atom stereocenters. The highest BCUT2D eigenvalue weighted by Gasteiger charge is 2.58. The van der Waals surface area contributed by atoms with Gasteiger partial charge in [0, 0.05) is 6.54 Å². The highest BCUT2D eigenvalue weighted by molar-refractivity contribution is 4.98. The van der Waals surface area contributed by atoms with Crippen molar-refractivity contribution in [2.75, 3.05) is 32.8 Å². The van der Waals surface area contributed by atoms with Gasteiger partial charge in [-0.3, -0.25) is 0 Å². The first-order valence-electron chi connectivity index (χ1n) is 9.50. The molecule has 4 aliphatic heterocycles. The molecule has 7 nitrogen and oxygen atoms in total. The summed E-state index contributed by atoms with van der Waals surface area (Å²) in [5, 5.41) is 0. The van der Waals surface area contributed by atoms with Gasteiger partial charge in [0.1, 0.15) is 24.4 Å². The van der Waals surface area contributed by atoms with Gasteiger partial charge in [0.25, 0.3) is 0 Å². The van der Waals surface area contributed by atoms with E-state index in [1.54, 1.807) is 0 Å². The number of likely N-dealkylation sites (tertiary alicyclic amines) is 1. The topological polar surface area (TPSA) is 58.6 Å². The van der Waals surface area contributed by atoms with E-state index in [0.29, 0.717) is 13.2 Å². The van der Waals surface area contributed by atoms with Crippen molar-refractivity contribution in [2.45, 2.75) is 82.8 Å². The SMILES string of the molecule is CC1(C)O[C@H]2O[C@H]([C@H]3COC(C)(C)O3)[C@H](OCCN3CCCC3)[C@H]2O1. The number of fused-ring (bicyclic) bond motifs is 1. The van der Waals surface area contributed by atoms with Crippen LogP contribution in [0.3, 0.4) is 0 Å². The average Bonchev–Trinajstić information content (AvgIpc) is 3.25. The largest absolute Gasteiger partial charge is 0.371 e. The Morgan fingerprint density at radius 2 is 1.72 bits per heavy atom. The maximum atomic E-state index is 6.26. The number of hydrogen-bond donors (Lipinski definition) is 0. The van der Waals surface area contributed by atoms with Crippen LogP contribution in [0.15, 0.2) is 0 Å². The van der Waals surface area contributed by atoms with Crippen LogP contribution in [0.2, 0.25) is 0 Å². The molecule has 25 heavy (non-hydrogen) atoms. The van der Waals surface area contributed by atoms with Crippen molar-refractivity contribution in [3.8, 4) is 0 Å². The van der Waals surface area contributed by atoms with Gasteiger partial charge in [0.2, 0.25) is 0 Å². The van der Waals surface area contributed by atoms with Crippen LogP contribution >= 0.6 is 0 Å². The summed E-state index contributed by atoms with van der Waals surface area (Å²) < 4.78 is 36.1. The first kappa shape index (κ1) is 18.1. The van der Waals surface area contributed by atoms with Gasteiger partial charge in [-0.1, -0.05) is 0 Å². The third-order valence-corrected chi connectivity index (χ3v) is 5.34. The maximum Gasteiger partial charge on any atom is 0.190 e. The lowest BCUT2D eigenvalue weighted by Gasteiger charge is -2.29. The summed E-state index contributed by atoms with van der Waals surface area (Å²) in [4.78, 5) is 2.44. The first-order valence-corrected chi connectivity index (χ1v) is 9.50. The van der Waals surface area contributed by atoms with E-state index in [1.807, 2.05) is 27.7 Å². The molecule has 0 aromatic carbocycles. The normalized spacial score (nSPS) is 43.0. The molecule has 0 spiro atoms. The minimum Gasteiger partial charge on any atom is -0.371 e. The lowest BCUT2D eigenvalue weighted by atomic mass is 10.1. The van der Waals surface area contributed by atoms with Crippen LogP contribution in [-0.2, 0) is 28.4 Å². The molecular weight excluding hydrogens is 326 g/mol. The van der Waals surface area contributed by atoms with Crippen molar-refractivity contribution in [3.05, 3.63) is 0 Å². The molecule has 4 heterocycles. The number of rotatable bonds is 5. The van der Waals surface area contributed by atoms with E-state index in [2.05, 4.69) is 4.90 Å². The Morgan fingerprint density at radius 1 is 0.960 bits per heavy atom. The third kappa shape index (κ3) is 3.88. The molecule has 7 heteroatoms. The van der Waals surface area contributed by atoms with E-state index in [-0.39, 0.29) is 24.4 Å². The summed E-state index contributed by atoms with van der Waals surface area (Å²) in [6, 6.07) is 0. The Morgan fingerprint density at radius 3 is 2.40 bits per heavy atom. The van der Waals surface area contributed by atoms with E-state index in [9.17, 15) is 0 Å². The highest BCUT2D eigenvalue weighted by Crippen LogP contribution is 2.41. The number of nitrogens with zero attached hydrogens (tertiary/aromatic N) is 1. The van der Waals surface area contributed by atoms with Gasteiger partial charge in [0.05, 0.1) is 13.2 Å². The summed E-state index contributed by atoms with van der Waals surface area (Å²) in [6.45, 7) is 12.1. The molecule has 0 aromatic heterocycles. The van der Waals surface area contributed by atoms with Crippen molar-refractivity contribution >= 4 is 0 Å². The molecule has 0 amide bonds. The zero-order valence-electron chi connectivity index (χ0n) is 15.7. The van der Waals surface area contributed by atoms with Gasteiger partial charge in [-0.25, -0.2) is 0 Å². The van der Waals surface area contributed by atoms with Crippen molar-refractivity contribution in [2.24, 2.45) is 0 Å². The van der Waals surface area contributed by atoms with Gasteiger partial charge < -0.3 is 33.3 Å². The van der Waals surface area contributed by atoms with Crippen molar-refractivity contribution in [1.82, 2.24) is 4.90 Å². The number of ether oxygens (including phenoxy) is 6. The Hall–Kier alpha value is -0.280. The predicted molar refractivity (Wildman–Crippen MR) is 89.0 cm³/mol. The van der Waals surface area contributed by atoms with Crippen molar-refractivity contribution in [1.29, 1.82) is 0 Å². The fourth-order valence-electron chi connectivity index (χ4n) is 4.19. The second kappa shape index (κ2) is 6.71. The Balaban J connectivity index is 1.40. The molecule has 4 fully saturated rings. The molecular formula is C18H31NO6. The Kier molecular flexibility index (Phi) is 4.86. The summed E-state index contributed by atoms with van der Waals surface area (Å²) >= 11 is 0. The number of hydrogen-bond acceptors (Lipinski definition) is 7. The highest BCUT2D eigenvalue weighted by atomic mass is 16.8. The average molecular weight is 357 g/mol. The molecule has 0 saturated carbocycles. The van der Waals surface area contributed by atoms with E-state index >= 15 is 0 Å². The second-order valence-corrected chi connectivity index (χ2v) is 8.32. The summed E-state index contributed by atoms with van der Waals surface area (Å²) in [7, 11) is 0. The summed E-state index contributed by atoms with van der Waals surface area (Å²) in [6.07, 6.45) is 1.30. The maximum absolute atomic E-state index is 6.26. The second-order valence-electron chi connectivity index (χ2n) is 8.32. The lowest BCUT2D eigenvalue weighted by Crippen LogP contribution is -2.45. The summed E-state index contributed by atoms with van der Waals surface area (Å²) in [5.41, 5.74) is 0. The van der Waals surface area contributed by atoms with Crippen molar-refractivity contribution < 1.29 is 28.4 Å². The predicted octanol–water partition coefficient (Wildman–Crippen LogP) is 1.50.